The first-order valence-corrected chi connectivity index (χ1v) is 3.91. The van der Waals surface area contributed by atoms with Crippen molar-refractivity contribution in [2.45, 2.75) is 6.92 Å². The van der Waals surface area contributed by atoms with Crippen LogP contribution in [0.5, 0.6) is 0 Å². The molecule has 0 bridgehead atoms. The molecule has 0 aliphatic heterocycles. The number of ether oxygens (including phenoxy) is 1. The van der Waals surface area contributed by atoms with Gasteiger partial charge in [0.15, 0.2) is 5.82 Å². The number of nitrogens with zero attached hydrogens (tertiary/aromatic N) is 6. The Balaban J connectivity index is 3.02. The Morgan fingerprint density at radius 1 is 1.67 bits per heavy atom. The van der Waals surface area contributed by atoms with Gasteiger partial charge in [-0.25, -0.2) is 9.78 Å². The van der Waals surface area contributed by atoms with Crippen molar-refractivity contribution in [2.24, 2.45) is 5.11 Å². The number of carbonyl (C=O) groups excluding carboxylic acids is 1. The highest BCUT2D eigenvalue weighted by molar-refractivity contribution is 5.91. The second-order valence-corrected chi connectivity index (χ2v) is 2.26. The van der Waals surface area contributed by atoms with Gasteiger partial charge in [0.2, 0.25) is 11.6 Å². The molecule has 9 heteroatoms. The number of azide groups is 1. The fraction of sp³-hybridized carbons (Fsp3) is 0.333. The van der Waals surface area contributed by atoms with Crippen LogP contribution in [0.4, 0.5) is 11.8 Å². The highest BCUT2D eigenvalue weighted by Crippen LogP contribution is 2.10. The van der Waals surface area contributed by atoms with Crippen molar-refractivity contribution in [2.75, 3.05) is 12.3 Å². The number of rotatable bonds is 3. The minimum absolute atomic E-state index is 0.189. The first-order chi connectivity index (χ1) is 7.19. The molecule has 9 nitrogen and oxygen atoms in total. The van der Waals surface area contributed by atoms with Crippen molar-refractivity contribution in [1.82, 2.24) is 15.2 Å². The molecule has 15 heavy (non-hydrogen) atoms. The van der Waals surface area contributed by atoms with Crippen LogP contribution in [0.1, 0.15) is 17.4 Å². The van der Waals surface area contributed by atoms with Gasteiger partial charge in [-0.05, 0) is 17.6 Å². The summed E-state index contributed by atoms with van der Waals surface area (Å²) in [4.78, 5) is 17.2. The number of nitrogen functional groups attached to an aromatic ring is 1. The van der Waals surface area contributed by atoms with Gasteiger partial charge in [0.05, 0.1) is 6.61 Å². The van der Waals surface area contributed by atoms with E-state index in [4.69, 9.17) is 11.3 Å². The number of nitrogens with two attached hydrogens (primary N) is 1. The SMILES string of the molecule is CCOC(=O)c1nnc(N=[N+]=[N-])nc1N. The van der Waals surface area contributed by atoms with Crippen molar-refractivity contribution in [3.8, 4) is 0 Å². The molecule has 0 aromatic carbocycles. The van der Waals surface area contributed by atoms with E-state index in [0.29, 0.717) is 0 Å². The Hall–Kier alpha value is -2.41. The number of anilines is 1. The molecular weight excluding hydrogens is 202 g/mol. The summed E-state index contributed by atoms with van der Waals surface area (Å²) in [5.41, 5.74) is 13.3. The Morgan fingerprint density at radius 2 is 2.40 bits per heavy atom. The van der Waals surface area contributed by atoms with E-state index in [0.717, 1.165) is 0 Å². The molecule has 0 aliphatic carbocycles. The van der Waals surface area contributed by atoms with Crippen molar-refractivity contribution in [1.29, 1.82) is 0 Å². The summed E-state index contributed by atoms with van der Waals surface area (Å²) >= 11 is 0. The normalized spacial score (nSPS) is 9.13. The van der Waals surface area contributed by atoms with E-state index in [-0.39, 0.29) is 24.1 Å². The second kappa shape index (κ2) is 4.72. The fourth-order valence-corrected chi connectivity index (χ4v) is 0.756. The molecule has 1 heterocycles. The molecule has 0 amide bonds. The van der Waals surface area contributed by atoms with Crippen molar-refractivity contribution >= 4 is 17.7 Å². The van der Waals surface area contributed by atoms with Gasteiger partial charge in [0.1, 0.15) is 0 Å². The van der Waals surface area contributed by atoms with Gasteiger partial charge in [-0.15, -0.1) is 10.2 Å². The lowest BCUT2D eigenvalue weighted by atomic mass is 10.4. The van der Waals surface area contributed by atoms with E-state index >= 15 is 0 Å². The van der Waals surface area contributed by atoms with Gasteiger partial charge in [-0.2, -0.15) is 0 Å². The topological polar surface area (TPSA) is 140 Å². The lowest BCUT2D eigenvalue weighted by Crippen LogP contribution is -2.12. The van der Waals surface area contributed by atoms with Crippen molar-refractivity contribution < 1.29 is 9.53 Å². The maximum atomic E-state index is 11.2. The third kappa shape index (κ3) is 2.51. The quantitative estimate of drug-likeness (QED) is 0.334. The van der Waals surface area contributed by atoms with Crippen LogP contribution in [0.25, 0.3) is 10.4 Å². The highest BCUT2D eigenvalue weighted by atomic mass is 16.5. The maximum absolute atomic E-state index is 11.2. The summed E-state index contributed by atoms with van der Waals surface area (Å²) in [5.74, 6) is -1.16. The first-order valence-electron chi connectivity index (χ1n) is 3.91. The van der Waals surface area contributed by atoms with Crippen LogP contribution in [-0.4, -0.2) is 27.8 Å². The summed E-state index contributed by atoms with van der Waals surface area (Å²) in [6.45, 7) is 1.83. The molecule has 1 aromatic rings. The fourth-order valence-electron chi connectivity index (χ4n) is 0.756. The zero-order valence-corrected chi connectivity index (χ0v) is 7.78. The molecule has 0 atom stereocenters. The van der Waals surface area contributed by atoms with E-state index in [1.165, 1.54) is 0 Å². The van der Waals surface area contributed by atoms with Crippen LogP contribution in [0.2, 0.25) is 0 Å². The van der Waals surface area contributed by atoms with Crippen LogP contribution >= 0.6 is 0 Å². The molecule has 0 radical (unpaired) electrons. The zero-order chi connectivity index (χ0) is 11.3. The molecular formula is C6H7N7O2. The van der Waals surface area contributed by atoms with Gasteiger partial charge >= 0.3 is 5.97 Å². The summed E-state index contributed by atoms with van der Waals surface area (Å²) < 4.78 is 4.64. The molecule has 0 saturated heterocycles. The summed E-state index contributed by atoms with van der Waals surface area (Å²) in [5, 5.41) is 9.89. The molecule has 0 unspecified atom stereocenters. The third-order valence-corrected chi connectivity index (χ3v) is 1.31. The van der Waals surface area contributed by atoms with Crippen LogP contribution in [0, 0.1) is 0 Å². The van der Waals surface area contributed by atoms with Gasteiger partial charge < -0.3 is 10.5 Å². The van der Waals surface area contributed by atoms with E-state index in [2.05, 4.69) is 29.9 Å². The predicted molar refractivity (Wildman–Crippen MR) is 49.0 cm³/mol. The number of hydrogen-bond acceptors (Lipinski definition) is 7. The minimum atomic E-state index is -0.720. The lowest BCUT2D eigenvalue weighted by Gasteiger charge is -2.01. The van der Waals surface area contributed by atoms with Gasteiger partial charge in [0, 0.05) is 4.91 Å². The third-order valence-electron chi connectivity index (χ3n) is 1.31. The molecule has 1 rings (SSSR count). The number of esters is 1. The zero-order valence-electron chi connectivity index (χ0n) is 7.78. The summed E-state index contributed by atoms with van der Waals surface area (Å²) in [6, 6.07) is 0. The Labute approximate surface area is 83.9 Å². The van der Waals surface area contributed by atoms with Gasteiger partial charge in [-0.1, -0.05) is 0 Å². The predicted octanol–water partition coefficient (Wildman–Crippen LogP) is 0.572. The smallest absolute Gasteiger partial charge is 0.362 e. The molecule has 2 N–H and O–H groups in total. The van der Waals surface area contributed by atoms with E-state index < -0.39 is 5.97 Å². The lowest BCUT2D eigenvalue weighted by molar-refractivity contribution is 0.0519. The van der Waals surface area contributed by atoms with Crippen molar-refractivity contribution in [3.05, 3.63) is 16.1 Å². The monoisotopic (exact) mass is 209 g/mol. The summed E-state index contributed by atoms with van der Waals surface area (Å²) in [6.07, 6.45) is 0. The molecule has 78 valence electrons. The van der Waals surface area contributed by atoms with Crippen LogP contribution in [0.3, 0.4) is 0 Å². The van der Waals surface area contributed by atoms with Gasteiger partial charge in [-0.3, -0.25) is 0 Å². The van der Waals surface area contributed by atoms with E-state index in [9.17, 15) is 4.79 Å². The molecule has 0 saturated carbocycles. The standard InChI is InChI=1S/C6H7N7O2/c1-2-15-5(14)3-4(7)9-6(11-10-3)12-13-8/h2H2,1H3,(H2,7,9,11). The Bertz CT molecular complexity index is 425. The highest BCUT2D eigenvalue weighted by Gasteiger charge is 2.15. The molecule has 1 aromatic heterocycles. The average Bonchev–Trinajstić information content (AvgIpc) is 2.18. The number of hydrogen-bond donors (Lipinski definition) is 1. The molecule has 0 fully saturated rings. The van der Waals surface area contributed by atoms with E-state index in [1.807, 2.05) is 0 Å². The molecule has 0 spiro atoms. The summed E-state index contributed by atoms with van der Waals surface area (Å²) in [7, 11) is 0. The second-order valence-electron chi connectivity index (χ2n) is 2.26. The van der Waals surface area contributed by atoms with Gasteiger partial charge in [0.25, 0.3) is 0 Å². The average molecular weight is 209 g/mol. The molecule has 0 aliphatic rings. The first kappa shape index (κ1) is 10.7. The number of aromatic nitrogens is 3. The largest absolute Gasteiger partial charge is 0.461 e. The van der Waals surface area contributed by atoms with Crippen LogP contribution < -0.4 is 5.73 Å². The van der Waals surface area contributed by atoms with Crippen LogP contribution in [0.15, 0.2) is 5.11 Å². The van der Waals surface area contributed by atoms with Crippen molar-refractivity contribution in [3.63, 3.8) is 0 Å². The number of carbonyl (C=O) groups is 1. The van der Waals surface area contributed by atoms with E-state index in [1.54, 1.807) is 6.92 Å². The Morgan fingerprint density at radius 3 is 2.93 bits per heavy atom. The Kier molecular flexibility index (Phi) is 3.36. The van der Waals surface area contributed by atoms with Crippen LogP contribution in [-0.2, 0) is 4.74 Å². The maximum Gasteiger partial charge on any atom is 0.362 e. The minimum Gasteiger partial charge on any atom is -0.461 e.